The average Bonchev–Trinajstić information content (AvgIpc) is 2.44. The van der Waals surface area contributed by atoms with Crippen LogP contribution in [-0.2, 0) is 4.79 Å². The van der Waals surface area contributed by atoms with Crippen LogP contribution in [0.15, 0.2) is 10.1 Å². The molecule has 0 saturated carbocycles. The molecule has 1 atom stereocenters. The van der Waals surface area contributed by atoms with Gasteiger partial charge in [0.15, 0.2) is 0 Å². The van der Waals surface area contributed by atoms with Crippen LogP contribution >= 0.6 is 0 Å². The number of hydrogen-bond donors (Lipinski definition) is 3. The Kier molecular flexibility index (Phi) is 4.62. The second kappa shape index (κ2) is 5.97. The summed E-state index contributed by atoms with van der Waals surface area (Å²) in [6.45, 7) is 4.97. The van der Waals surface area contributed by atoms with Gasteiger partial charge in [-0.05, 0) is 12.3 Å². The number of nitrogens with two attached hydrogens (primary N) is 1. The van der Waals surface area contributed by atoms with E-state index in [1.54, 1.807) is 0 Å². The topological polar surface area (TPSA) is 109 Å². The van der Waals surface area contributed by atoms with Crippen LogP contribution in [0.1, 0.15) is 20.3 Å². The summed E-state index contributed by atoms with van der Waals surface area (Å²) in [5, 5.41) is 6.54. The monoisotopic (exact) mass is 239 g/mol. The van der Waals surface area contributed by atoms with Gasteiger partial charge in [0.2, 0.25) is 0 Å². The Balaban J connectivity index is 2.89. The van der Waals surface area contributed by atoms with Gasteiger partial charge in [0.1, 0.15) is 5.71 Å². The molecule has 94 valence electrons. The van der Waals surface area contributed by atoms with Gasteiger partial charge in [-0.25, -0.2) is 10.2 Å². The number of hydrogen-bond acceptors (Lipinski definition) is 4. The third kappa shape index (κ3) is 3.86. The second-order valence-corrected chi connectivity index (χ2v) is 3.89. The summed E-state index contributed by atoms with van der Waals surface area (Å²) in [6.07, 6.45) is 0.487. The van der Waals surface area contributed by atoms with Gasteiger partial charge >= 0.3 is 6.03 Å². The fourth-order valence-corrected chi connectivity index (χ4v) is 1.38. The van der Waals surface area contributed by atoms with E-state index >= 15 is 0 Å². The van der Waals surface area contributed by atoms with E-state index in [4.69, 9.17) is 5.73 Å². The molecule has 0 aromatic heterocycles. The number of primary amides is 1. The summed E-state index contributed by atoms with van der Waals surface area (Å²) < 4.78 is 0. The van der Waals surface area contributed by atoms with E-state index in [2.05, 4.69) is 20.8 Å². The van der Waals surface area contributed by atoms with Crippen LogP contribution in [0, 0.1) is 5.92 Å². The minimum Gasteiger partial charge on any atom is -0.350 e. The van der Waals surface area contributed by atoms with Crippen LogP contribution in [0.3, 0.4) is 0 Å². The first-order chi connectivity index (χ1) is 8.04. The van der Waals surface area contributed by atoms with E-state index in [0.29, 0.717) is 31.1 Å². The number of amides is 3. The molecule has 0 fully saturated rings. The van der Waals surface area contributed by atoms with Crippen molar-refractivity contribution in [1.29, 1.82) is 0 Å². The first kappa shape index (κ1) is 13.1. The van der Waals surface area contributed by atoms with Gasteiger partial charge in [0.05, 0.1) is 5.71 Å². The molecule has 1 unspecified atom stereocenters. The number of nitrogens with one attached hydrogen (secondary N) is 2. The summed E-state index contributed by atoms with van der Waals surface area (Å²) in [7, 11) is 0. The molecule has 1 rings (SSSR count). The Bertz CT molecular complexity index is 375. The Labute approximate surface area is 99.5 Å². The molecular formula is C10H17N5O2. The summed E-state index contributed by atoms with van der Waals surface area (Å²) in [4.78, 5) is 26.5. The highest BCUT2D eigenvalue weighted by Gasteiger charge is 2.20. The molecule has 7 heteroatoms. The number of urea groups is 1. The molecule has 3 amide bonds. The van der Waals surface area contributed by atoms with Crippen molar-refractivity contribution in [3.8, 4) is 0 Å². The standard InChI is InChI=1S/C10H17N5O2/c1-3-7(14-15-10(11)17)8-9(16)13-5-6(2)4-12-8/h6H,3-5H2,1-2H3,(H,13,16)(H3,11,15,17)/b14-7-. The van der Waals surface area contributed by atoms with Crippen LogP contribution in [0.2, 0.25) is 0 Å². The van der Waals surface area contributed by atoms with E-state index in [9.17, 15) is 9.59 Å². The van der Waals surface area contributed by atoms with Gasteiger partial charge in [0, 0.05) is 13.1 Å². The van der Waals surface area contributed by atoms with Crippen molar-refractivity contribution < 1.29 is 9.59 Å². The molecule has 1 aliphatic rings. The minimum atomic E-state index is -0.765. The number of hydrazone groups is 1. The van der Waals surface area contributed by atoms with E-state index in [0.717, 1.165) is 0 Å². The van der Waals surface area contributed by atoms with E-state index in [1.807, 2.05) is 13.8 Å². The van der Waals surface area contributed by atoms with Crippen molar-refractivity contribution in [2.75, 3.05) is 13.1 Å². The lowest BCUT2D eigenvalue weighted by molar-refractivity contribution is -0.114. The Morgan fingerprint density at radius 3 is 3.00 bits per heavy atom. The summed E-state index contributed by atoms with van der Waals surface area (Å²) in [6, 6.07) is -0.765. The zero-order chi connectivity index (χ0) is 12.8. The number of nitrogens with zero attached hydrogens (tertiary/aromatic N) is 2. The third-order valence-electron chi connectivity index (χ3n) is 2.30. The van der Waals surface area contributed by atoms with Crippen molar-refractivity contribution in [2.24, 2.45) is 21.7 Å². The maximum absolute atomic E-state index is 11.7. The van der Waals surface area contributed by atoms with Gasteiger partial charge in [0.25, 0.3) is 5.91 Å². The van der Waals surface area contributed by atoms with Crippen molar-refractivity contribution in [3.05, 3.63) is 0 Å². The summed E-state index contributed by atoms with van der Waals surface area (Å²) in [5.41, 5.74) is 7.72. The third-order valence-corrected chi connectivity index (χ3v) is 2.30. The van der Waals surface area contributed by atoms with Gasteiger partial charge in [-0.3, -0.25) is 9.79 Å². The van der Waals surface area contributed by atoms with Gasteiger partial charge in [-0.15, -0.1) is 0 Å². The van der Waals surface area contributed by atoms with Crippen molar-refractivity contribution in [1.82, 2.24) is 10.7 Å². The zero-order valence-corrected chi connectivity index (χ0v) is 9.99. The van der Waals surface area contributed by atoms with Gasteiger partial charge in [-0.1, -0.05) is 13.8 Å². The molecule has 0 aromatic carbocycles. The smallest absolute Gasteiger partial charge is 0.332 e. The highest BCUT2D eigenvalue weighted by molar-refractivity contribution is 6.67. The molecular weight excluding hydrogens is 222 g/mol. The quantitative estimate of drug-likeness (QED) is 0.461. The first-order valence-corrected chi connectivity index (χ1v) is 5.49. The number of rotatable bonds is 3. The fourth-order valence-electron chi connectivity index (χ4n) is 1.38. The van der Waals surface area contributed by atoms with Crippen LogP contribution < -0.4 is 16.5 Å². The van der Waals surface area contributed by atoms with Gasteiger partial charge < -0.3 is 11.1 Å². The molecule has 4 N–H and O–H groups in total. The van der Waals surface area contributed by atoms with Gasteiger partial charge in [-0.2, -0.15) is 5.10 Å². The molecule has 17 heavy (non-hydrogen) atoms. The molecule has 0 bridgehead atoms. The lowest BCUT2D eigenvalue weighted by atomic mass is 10.1. The van der Waals surface area contributed by atoms with Crippen LogP contribution in [0.5, 0.6) is 0 Å². The molecule has 0 aromatic rings. The summed E-state index contributed by atoms with van der Waals surface area (Å²) >= 11 is 0. The first-order valence-electron chi connectivity index (χ1n) is 5.49. The van der Waals surface area contributed by atoms with E-state index in [1.165, 1.54) is 0 Å². The number of carbonyl (C=O) groups is 2. The summed E-state index contributed by atoms with van der Waals surface area (Å²) in [5.74, 6) is 0.0277. The van der Waals surface area contributed by atoms with Crippen molar-refractivity contribution >= 4 is 23.4 Å². The largest absolute Gasteiger partial charge is 0.350 e. The molecule has 7 nitrogen and oxygen atoms in total. The lowest BCUT2D eigenvalue weighted by Crippen LogP contribution is -2.37. The predicted molar refractivity (Wildman–Crippen MR) is 64.9 cm³/mol. The highest BCUT2D eigenvalue weighted by Crippen LogP contribution is 2.01. The lowest BCUT2D eigenvalue weighted by Gasteiger charge is -2.06. The number of aliphatic imine (C=N–C) groups is 1. The average molecular weight is 239 g/mol. The minimum absolute atomic E-state index is 0.263. The maximum Gasteiger partial charge on any atom is 0.332 e. The van der Waals surface area contributed by atoms with Crippen LogP contribution in [-0.4, -0.2) is 36.5 Å². The van der Waals surface area contributed by atoms with Crippen molar-refractivity contribution in [3.63, 3.8) is 0 Å². The number of carbonyl (C=O) groups excluding carboxylic acids is 2. The second-order valence-electron chi connectivity index (χ2n) is 3.89. The van der Waals surface area contributed by atoms with E-state index < -0.39 is 6.03 Å². The maximum atomic E-state index is 11.7. The molecule has 0 radical (unpaired) electrons. The van der Waals surface area contributed by atoms with E-state index in [-0.39, 0.29) is 11.6 Å². The SMILES string of the molecule is CC/C(=N/NC(N)=O)C1=NCC(C)CNC1=O. The van der Waals surface area contributed by atoms with Crippen LogP contribution in [0.4, 0.5) is 4.79 Å². The molecule has 0 saturated heterocycles. The Morgan fingerprint density at radius 2 is 2.41 bits per heavy atom. The molecule has 1 heterocycles. The predicted octanol–water partition coefficient (Wildman–Crippen LogP) is -0.372. The zero-order valence-electron chi connectivity index (χ0n) is 9.99. The Hall–Kier alpha value is -1.92. The molecule has 0 aliphatic carbocycles. The highest BCUT2D eigenvalue weighted by atomic mass is 16.2. The fraction of sp³-hybridized carbons (Fsp3) is 0.600. The molecule has 1 aliphatic heterocycles. The van der Waals surface area contributed by atoms with Crippen LogP contribution in [0.25, 0.3) is 0 Å². The van der Waals surface area contributed by atoms with Crippen molar-refractivity contribution in [2.45, 2.75) is 20.3 Å². The molecule has 0 spiro atoms. The Morgan fingerprint density at radius 1 is 1.71 bits per heavy atom. The normalized spacial score (nSPS) is 21.3.